The van der Waals surface area contributed by atoms with Crippen molar-refractivity contribution >= 4 is 43.9 Å². The Kier molecular flexibility index (Phi) is 3.01. The van der Waals surface area contributed by atoms with Crippen LogP contribution in [-0.2, 0) is 14.8 Å². The number of amides is 1. The summed E-state index contributed by atoms with van der Waals surface area (Å²) in [5.74, 6) is -0.477. The van der Waals surface area contributed by atoms with E-state index in [9.17, 15) is 18.0 Å². The van der Waals surface area contributed by atoms with Crippen molar-refractivity contribution < 1.29 is 18.0 Å². The number of sulfonamides is 1. The number of rotatable bonds is 2. The van der Waals surface area contributed by atoms with Gasteiger partial charge in [0.1, 0.15) is 0 Å². The standard InChI is InChI=1S/C17H10N2O4S/c20-11-6-4-10(5-7-11)19-24(22,23)15-9-8-14-16-12(15)2-1-3-13(16)17(21)18-14/h1-9H,(H,18,21). The second kappa shape index (κ2) is 4.97. The fourth-order valence-electron chi connectivity index (χ4n) is 2.78. The fourth-order valence-corrected chi connectivity index (χ4v) is 3.97. The Bertz CT molecular complexity index is 1110. The third-order valence-corrected chi connectivity index (χ3v) is 5.20. The Morgan fingerprint density at radius 1 is 0.917 bits per heavy atom. The first kappa shape index (κ1) is 14.5. The number of anilines is 1. The second-order valence-corrected chi connectivity index (χ2v) is 6.93. The van der Waals surface area contributed by atoms with Crippen LogP contribution in [0, 0.1) is 0 Å². The molecule has 1 N–H and O–H groups in total. The van der Waals surface area contributed by atoms with Gasteiger partial charge in [-0.2, -0.15) is 12.8 Å². The molecule has 0 bridgehead atoms. The van der Waals surface area contributed by atoms with Crippen LogP contribution in [0.5, 0.6) is 0 Å². The molecule has 0 unspecified atom stereocenters. The summed E-state index contributed by atoms with van der Waals surface area (Å²) in [4.78, 5) is 23.1. The summed E-state index contributed by atoms with van der Waals surface area (Å²) in [6.45, 7) is 0. The van der Waals surface area contributed by atoms with Gasteiger partial charge >= 0.3 is 0 Å². The molecular formula is C17H10N2O4S. The topological polar surface area (TPSA) is 92.7 Å². The van der Waals surface area contributed by atoms with Crippen LogP contribution in [0.4, 0.5) is 5.69 Å². The van der Waals surface area contributed by atoms with E-state index in [-0.39, 0.29) is 22.3 Å². The van der Waals surface area contributed by atoms with E-state index in [2.05, 4.69) is 9.71 Å². The van der Waals surface area contributed by atoms with E-state index >= 15 is 0 Å². The summed E-state index contributed by atoms with van der Waals surface area (Å²) in [6, 6.07) is 7.91. The maximum atomic E-state index is 12.7. The molecule has 0 spiro atoms. The van der Waals surface area contributed by atoms with E-state index < -0.39 is 10.0 Å². The SMILES string of the molecule is O=C1C=CC(=NS(=O)(=O)c2ccc3c4c(cccc24)C(=O)N3)C=C1. The van der Waals surface area contributed by atoms with Gasteiger partial charge in [0.15, 0.2) is 5.78 Å². The molecule has 2 aliphatic rings. The monoisotopic (exact) mass is 338 g/mol. The minimum Gasteiger partial charge on any atom is -0.321 e. The molecule has 0 atom stereocenters. The van der Waals surface area contributed by atoms with Gasteiger partial charge in [-0.15, -0.1) is 0 Å². The first-order valence-corrected chi connectivity index (χ1v) is 8.52. The zero-order valence-electron chi connectivity index (χ0n) is 12.2. The molecule has 2 aromatic carbocycles. The smallest absolute Gasteiger partial charge is 0.283 e. The summed E-state index contributed by atoms with van der Waals surface area (Å²) in [7, 11) is -3.99. The van der Waals surface area contributed by atoms with E-state index in [4.69, 9.17) is 0 Å². The van der Waals surface area contributed by atoms with Crippen LogP contribution in [-0.4, -0.2) is 25.8 Å². The largest absolute Gasteiger partial charge is 0.321 e. The van der Waals surface area contributed by atoms with Crippen molar-refractivity contribution in [2.75, 3.05) is 5.32 Å². The van der Waals surface area contributed by atoms with Gasteiger partial charge < -0.3 is 5.32 Å². The Morgan fingerprint density at radius 2 is 1.67 bits per heavy atom. The van der Waals surface area contributed by atoms with Gasteiger partial charge in [-0.1, -0.05) is 12.1 Å². The average Bonchev–Trinajstić information content (AvgIpc) is 2.88. The Labute approximate surface area is 137 Å². The van der Waals surface area contributed by atoms with Gasteiger partial charge in [-0.05, 0) is 42.5 Å². The van der Waals surface area contributed by atoms with Crippen molar-refractivity contribution in [2.45, 2.75) is 4.90 Å². The van der Waals surface area contributed by atoms with Crippen molar-refractivity contribution in [1.82, 2.24) is 0 Å². The lowest BCUT2D eigenvalue weighted by Crippen LogP contribution is -2.05. The molecule has 6 nitrogen and oxygen atoms in total. The van der Waals surface area contributed by atoms with Crippen molar-refractivity contribution in [3.8, 4) is 0 Å². The van der Waals surface area contributed by atoms with E-state index in [1.54, 1.807) is 24.3 Å². The van der Waals surface area contributed by atoms with Gasteiger partial charge in [0, 0.05) is 22.0 Å². The summed E-state index contributed by atoms with van der Waals surface area (Å²) in [6.07, 6.45) is 5.21. The number of carbonyl (C=O) groups excluding carboxylic acids is 2. The number of ketones is 1. The van der Waals surface area contributed by atoms with Crippen molar-refractivity contribution in [2.24, 2.45) is 4.40 Å². The molecule has 1 amide bonds. The van der Waals surface area contributed by atoms with Gasteiger partial charge in [0.05, 0.1) is 10.6 Å². The molecule has 0 radical (unpaired) electrons. The van der Waals surface area contributed by atoms with Crippen LogP contribution in [0.25, 0.3) is 10.8 Å². The molecule has 1 aliphatic heterocycles. The molecule has 1 heterocycles. The van der Waals surface area contributed by atoms with Crippen LogP contribution in [0.3, 0.4) is 0 Å². The number of hydrogen-bond acceptors (Lipinski definition) is 4. The third-order valence-electron chi connectivity index (χ3n) is 3.83. The molecule has 0 saturated carbocycles. The normalized spacial score (nSPS) is 15.9. The second-order valence-electron chi connectivity index (χ2n) is 5.35. The molecule has 0 aromatic heterocycles. The number of nitrogens with one attached hydrogen (secondary N) is 1. The summed E-state index contributed by atoms with van der Waals surface area (Å²) >= 11 is 0. The molecule has 1 aliphatic carbocycles. The van der Waals surface area contributed by atoms with Gasteiger partial charge in [0.25, 0.3) is 15.9 Å². The quantitative estimate of drug-likeness (QED) is 0.850. The maximum absolute atomic E-state index is 12.7. The van der Waals surface area contributed by atoms with Crippen molar-refractivity contribution in [3.05, 3.63) is 60.2 Å². The van der Waals surface area contributed by atoms with Crippen molar-refractivity contribution in [1.29, 1.82) is 0 Å². The number of allylic oxidation sites excluding steroid dienone is 4. The molecular weight excluding hydrogens is 328 g/mol. The van der Waals surface area contributed by atoms with Gasteiger partial charge in [0.2, 0.25) is 0 Å². The van der Waals surface area contributed by atoms with Crippen LogP contribution in [0.15, 0.2) is 63.9 Å². The van der Waals surface area contributed by atoms with Crippen LogP contribution in [0.2, 0.25) is 0 Å². The molecule has 2 aromatic rings. The highest BCUT2D eigenvalue weighted by atomic mass is 32.2. The van der Waals surface area contributed by atoms with Gasteiger partial charge in [-0.3, -0.25) is 9.59 Å². The minimum atomic E-state index is -3.99. The predicted octanol–water partition coefficient (Wildman–Crippen LogP) is 2.23. The number of hydrogen-bond donors (Lipinski definition) is 1. The first-order chi connectivity index (χ1) is 11.5. The van der Waals surface area contributed by atoms with Crippen LogP contribution < -0.4 is 5.32 Å². The zero-order chi connectivity index (χ0) is 16.9. The molecule has 118 valence electrons. The van der Waals surface area contributed by atoms with E-state index in [1.165, 1.54) is 30.4 Å². The predicted molar refractivity (Wildman–Crippen MR) is 89.8 cm³/mol. The van der Waals surface area contributed by atoms with E-state index in [1.807, 2.05) is 0 Å². The molecule has 0 fully saturated rings. The fraction of sp³-hybridized carbons (Fsp3) is 0. The van der Waals surface area contributed by atoms with Crippen molar-refractivity contribution in [3.63, 3.8) is 0 Å². The lowest BCUT2D eigenvalue weighted by Gasteiger charge is -2.07. The van der Waals surface area contributed by atoms with E-state index in [0.29, 0.717) is 22.0 Å². The minimum absolute atomic E-state index is 0.0193. The average molecular weight is 338 g/mol. The van der Waals surface area contributed by atoms with E-state index in [0.717, 1.165) is 0 Å². The highest BCUT2D eigenvalue weighted by Crippen LogP contribution is 2.37. The highest BCUT2D eigenvalue weighted by Gasteiger charge is 2.26. The lowest BCUT2D eigenvalue weighted by molar-refractivity contribution is -0.110. The molecule has 0 saturated heterocycles. The Balaban J connectivity index is 1.92. The number of carbonyl (C=O) groups is 2. The molecule has 4 rings (SSSR count). The Morgan fingerprint density at radius 3 is 2.42 bits per heavy atom. The molecule has 7 heteroatoms. The lowest BCUT2D eigenvalue weighted by atomic mass is 10.1. The van der Waals surface area contributed by atoms with Gasteiger partial charge in [-0.25, -0.2) is 0 Å². The first-order valence-electron chi connectivity index (χ1n) is 7.08. The third kappa shape index (κ3) is 2.17. The maximum Gasteiger partial charge on any atom is 0.283 e. The van der Waals surface area contributed by atoms with Crippen LogP contribution in [0.1, 0.15) is 10.4 Å². The summed E-state index contributed by atoms with van der Waals surface area (Å²) in [5.41, 5.74) is 1.20. The number of benzene rings is 2. The number of nitrogens with zero attached hydrogens (tertiary/aromatic N) is 1. The highest BCUT2D eigenvalue weighted by molar-refractivity contribution is 7.90. The molecule has 24 heavy (non-hydrogen) atoms. The summed E-state index contributed by atoms with van der Waals surface area (Å²) in [5, 5.41) is 3.72. The van der Waals surface area contributed by atoms with Crippen LogP contribution >= 0.6 is 0 Å². The Hall–Kier alpha value is -3.06. The zero-order valence-corrected chi connectivity index (χ0v) is 13.0. The summed E-state index contributed by atoms with van der Waals surface area (Å²) < 4.78 is 29.1.